The van der Waals surface area contributed by atoms with Gasteiger partial charge in [0.15, 0.2) is 0 Å². The SMILES string of the molecule is Cl.Cl.NC1C2CCCC1CC(C(=O)NCc1nccn1CCc1ccccc1)C2. The Morgan fingerprint density at radius 3 is 2.52 bits per heavy atom. The fraction of sp³-hybridized carbons (Fsp3) is 0.545. The van der Waals surface area contributed by atoms with Gasteiger partial charge in [-0.05, 0) is 49.5 Å². The number of benzene rings is 1. The van der Waals surface area contributed by atoms with E-state index in [1.165, 1.54) is 24.8 Å². The summed E-state index contributed by atoms with van der Waals surface area (Å²) in [7, 11) is 0. The minimum atomic E-state index is 0. The minimum absolute atomic E-state index is 0. The average Bonchev–Trinajstić information content (AvgIpc) is 3.12. The first-order valence-corrected chi connectivity index (χ1v) is 10.3. The Bertz CT molecular complexity index is 753. The zero-order valence-corrected chi connectivity index (χ0v) is 18.3. The number of fused-ring (bicyclic) bond motifs is 2. The molecule has 0 aliphatic heterocycles. The van der Waals surface area contributed by atoms with Gasteiger partial charge in [0, 0.05) is 30.9 Å². The van der Waals surface area contributed by atoms with Crippen molar-refractivity contribution in [2.75, 3.05) is 0 Å². The number of hydrogen-bond donors (Lipinski definition) is 2. The van der Waals surface area contributed by atoms with Gasteiger partial charge >= 0.3 is 0 Å². The minimum Gasteiger partial charge on any atom is -0.349 e. The summed E-state index contributed by atoms with van der Waals surface area (Å²) < 4.78 is 2.14. The highest BCUT2D eigenvalue weighted by Gasteiger charge is 2.40. The summed E-state index contributed by atoms with van der Waals surface area (Å²) in [5.74, 6) is 2.28. The van der Waals surface area contributed by atoms with Gasteiger partial charge in [-0.1, -0.05) is 36.8 Å². The van der Waals surface area contributed by atoms with Crippen LogP contribution in [0.2, 0.25) is 0 Å². The predicted molar refractivity (Wildman–Crippen MR) is 120 cm³/mol. The van der Waals surface area contributed by atoms with Crippen LogP contribution in [0.25, 0.3) is 0 Å². The number of aromatic nitrogens is 2. The smallest absolute Gasteiger partial charge is 0.223 e. The van der Waals surface area contributed by atoms with Crippen LogP contribution in [0.4, 0.5) is 0 Å². The van der Waals surface area contributed by atoms with Gasteiger partial charge in [-0.2, -0.15) is 0 Å². The molecule has 2 bridgehead atoms. The molecule has 1 amide bonds. The van der Waals surface area contributed by atoms with Gasteiger partial charge in [-0.3, -0.25) is 4.79 Å². The Morgan fingerprint density at radius 2 is 1.83 bits per heavy atom. The molecule has 0 spiro atoms. The van der Waals surface area contributed by atoms with Crippen molar-refractivity contribution in [1.29, 1.82) is 0 Å². The molecule has 2 saturated carbocycles. The molecule has 2 aromatic rings. The van der Waals surface area contributed by atoms with E-state index in [0.717, 1.165) is 31.6 Å². The van der Waals surface area contributed by atoms with E-state index in [1.807, 2.05) is 18.5 Å². The molecule has 1 aromatic carbocycles. The van der Waals surface area contributed by atoms with Crippen LogP contribution >= 0.6 is 24.8 Å². The van der Waals surface area contributed by atoms with E-state index in [1.54, 1.807) is 0 Å². The summed E-state index contributed by atoms with van der Waals surface area (Å²) in [5.41, 5.74) is 7.67. The molecule has 2 fully saturated rings. The van der Waals surface area contributed by atoms with Gasteiger partial charge < -0.3 is 15.6 Å². The van der Waals surface area contributed by atoms with Crippen LogP contribution in [0.15, 0.2) is 42.7 Å². The number of carbonyl (C=O) groups excluding carboxylic acids is 1. The molecule has 2 atom stereocenters. The number of amides is 1. The molecule has 160 valence electrons. The van der Waals surface area contributed by atoms with Crippen LogP contribution in [0.1, 0.15) is 43.5 Å². The van der Waals surface area contributed by atoms with Crippen molar-refractivity contribution >= 4 is 30.7 Å². The van der Waals surface area contributed by atoms with Gasteiger partial charge in [-0.15, -0.1) is 24.8 Å². The number of nitrogens with two attached hydrogens (primary N) is 1. The number of nitrogens with one attached hydrogen (secondary N) is 1. The monoisotopic (exact) mass is 438 g/mol. The van der Waals surface area contributed by atoms with Crippen LogP contribution in [0.3, 0.4) is 0 Å². The number of hydrogen-bond acceptors (Lipinski definition) is 3. The van der Waals surface area contributed by atoms with E-state index in [9.17, 15) is 4.79 Å². The van der Waals surface area contributed by atoms with E-state index in [0.29, 0.717) is 24.4 Å². The van der Waals surface area contributed by atoms with Gasteiger partial charge in [0.25, 0.3) is 0 Å². The number of carbonyl (C=O) groups is 1. The fourth-order valence-corrected chi connectivity index (χ4v) is 4.92. The maximum Gasteiger partial charge on any atom is 0.223 e. The zero-order chi connectivity index (χ0) is 18.6. The summed E-state index contributed by atoms with van der Waals surface area (Å²) in [6.45, 7) is 1.37. The fourth-order valence-electron chi connectivity index (χ4n) is 4.92. The van der Waals surface area contributed by atoms with E-state index in [2.05, 4.69) is 39.1 Å². The van der Waals surface area contributed by atoms with Crippen LogP contribution < -0.4 is 11.1 Å². The van der Waals surface area contributed by atoms with Crippen molar-refractivity contribution < 1.29 is 4.79 Å². The van der Waals surface area contributed by atoms with Crippen LogP contribution in [-0.4, -0.2) is 21.5 Å². The molecule has 2 unspecified atom stereocenters. The van der Waals surface area contributed by atoms with E-state index < -0.39 is 0 Å². The van der Waals surface area contributed by atoms with E-state index in [-0.39, 0.29) is 36.6 Å². The Kier molecular flexibility index (Phi) is 9.00. The second-order valence-electron chi connectivity index (χ2n) is 8.19. The van der Waals surface area contributed by atoms with Crippen molar-refractivity contribution in [2.24, 2.45) is 23.5 Å². The zero-order valence-electron chi connectivity index (χ0n) is 16.7. The molecule has 29 heavy (non-hydrogen) atoms. The van der Waals surface area contributed by atoms with E-state index in [4.69, 9.17) is 5.73 Å². The van der Waals surface area contributed by atoms with Gasteiger partial charge in [0.1, 0.15) is 5.82 Å². The van der Waals surface area contributed by atoms with E-state index >= 15 is 0 Å². The van der Waals surface area contributed by atoms with Crippen molar-refractivity contribution in [3.63, 3.8) is 0 Å². The summed E-state index contributed by atoms with van der Waals surface area (Å²) >= 11 is 0. The Hall–Kier alpha value is -1.56. The summed E-state index contributed by atoms with van der Waals surface area (Å²) in [6, 6.07) is 10.8. The number of nitrogens with zero attached hydrogens (tertiary/aromatic N) is 2. The van der Waals surface area contributed by atoms with Crippen molar-refractivity contribution in [3.05, 3.63) is 54.1 Å². The lowest BCUT2D eigenvalue weighted by Crippen LogP contribution is -2.49. The Morgan fingerprint density at radius 1 is 1.14 bits per heavy atom. The maximum absolute atomic E-state index is 12.7. The molecule has 3 N–H and O–H groups in total. The third kappa shape index (κ3) is 5.74. The highest BCUT2D eigenvalue weighted by atomic mass is 35.5. The standard InChI is InChI=1S/C22H30N4O.2ClH/c23-21-17-7-4-8-18(21)14-19(13-17)22(27)25-15-20-24-10-12-26(20)11-9-16-5-2-1-3-6-16;;/h1-3,5-6,10,12,17-19,21H,4,7-9,11,13-15,23H2,(H,25,27);2*1H. The first-order valence-electron chi connectivity index (χ1n) is 10.3. The van der Waals surface area contributed by atoms with Gasteiger partial charge in [0.2, 0.25) is 5.91 Å². The third-order valence-electron chi connectivity index (χ3n) is 6.49. The summed E-state index contributed by atoms with van der Waals surface area (Å²) in [6.07, 6.45) is 10.3. The Balaban J connectivity index is 0.00000150. The molecule has 0 saturated heterocycles. The number of imidazole rings is 1. The number of rotatable bonds is 6. The molecular weight excluding hydrogens is 407 g/mol. The van der Waals surface area contributed by atoms with Crippen LogP contribution in [-0.2, 0) is 24.3 Å². The number of halogens is 2. The summed E-state index contributed by atoms with van der Waals surface area (Å²) in [5, 5.41) is 3.13. The first-order chi connectivity index (χ1) is 13.2. The molecule has 7 heteroatoms. The second kappa shape index (κ2) is 11.0. The lowest BCUT2D eigenvalue weighted by atomic mass is 9.65. The maximum atomic E-state index is 12.7. The van der Waals surface area contributed by atoms with Crippen molar-refractivity contribution in [2.45, 2.75) is 57.7 Å². The summed E-state index contributed by atoms with van der Waals surface area (Å²) in [4.78, 5) is 17.2. The molecule has 2 aliphatic rings. The topological polar surface area (TPSA) is 72.9 Å². The van der Waals surface area contributed by atoms with Crippen molar-refractivity contribution in [1.82, 2.24) is 14.9 Å². The molecular formula is C22H32Cl2N4O. The first kappa shape index (κ1) is 23.7. The third-order valence-corrected chi connectivity index (χ3v) is 6.49. The quantitative estimate of drug-likeness (QED) is 0.720. The largest absolute Gasteiger partial charge is 0.349 e. The van der Waals surface area contributed by atoms with Crippen LogP contribution in [0, 0.1) is 17.8 Å². The predicted octanol–water partition coefficient (Wildman–Crippen LogP) is 3.74. The Labute approximate surface area is 185 Å². The molecule has 0 radical (unpaired) electrons. The lowest BCUT2D eigenvalue weighted by molar-refractivity contribution is -0.128. The second-order valence-corrected chi connectivity index (χ2v) is 8.19. The van der Waals surface area contributed by atoms with Crippen molar-refractivity contribution in [3.8, 4) is 0 Å². The lowest BCUT2D eigenvalue weighted by Gasteiger charge is -2.43. The molecule has 1 heterocycles. The average molecular weight is 439 g/mol. The van der Waals surface area contributed by atoms with Gasteiger partial charge in [-0.25, -0.2) is 4.98 Å². The highest BCUT2D eigenvalue weighted by Crippen LogP contribution is 2.41. The van der Waals surface area contributed by atoms with Gasteiger partial charge in [0.05, 0.1) is 6.54 Å². The number of aryl methyl sites for hydroxylation is 2. The molecule has 2 aliphatic carbocycles. The molecule has 4 rings (SSSR count). The molecule has 5 nitrogen and oxygen atoms in total. The normalized spacial score (nSPS) is 25.4. The molecule has 1 aromatic heterocycles. The van der Waals surface area contributed by atoms with Crippen LogP contribution in [0.5, 0.6) is 0 Å². The highest BCUT2D eigenvalue weighted by molar-refractivity contribution is 5.85.